The summed E-state index contributed by atoms with van der Waals surface area (Å²) in [5.74, 6) is 5.18. The van der Waals surface area contributed by atoms with E-state index in [1.54, 1.807) is 0 Å². The Morgan fingerprint density at radius 3 is 3.08 bits per heavy atom. The van der Waals surface area contributed by atoms with Crippen LogP contribution < -0.4 is 5.90 Å². The van der Waals surface area contributed by atoms with Crippen molar-refractivity contribution in [1.82, 2.24) is 4.90 Å². The molecule has 70 valence electrons. The zero-order valence-corrected chi connectivity index (χ0v) is 6.90. The molecule has 0 saturated carbocycles. The van der Waals surface area contributed by atoms with E-state index in [0.29, 0.717) is 19.7 Å². The number of nitrogens with zero attached hydrogens (tertiary/aromatic N) is 1. The van der Waals surface area contributed by atoms with Crippen molar-refractivity contribution in [3.05, 3.63) is 0 Å². The van der Waals surface area contributed by atoms with Crippen LogP contribution in [0.1, 0.15) is 12.8 Å². The lowest BCUT2D eigenvalue weighted by Gasteiger charge is -2.29. The molecule has 0 aromatic rings. The summed E-state index contributed by atoms with van der Waals surface area (Å²) in [4.78, 5) is 16.5. The molecule has 1 atom stereocenters. The fourth-order valence-corrected chi connectivity index (χ4v) is 1.51. The molecule has 1 rings (SSSR count). The molecule has 0 unspecified atom stereocenters. The summed E-state index contributed by atoms with van der Waals surface area (Å²) in [5, 5.41) is 8.68. The van der Waals surface area contributed by atoms with Gasteiger partial charge in [0, 0.05) is 19.0 Å². The number of piperidine rings is 1. The van der Waals surface area contributed by atoms with Crippen molar-refractivity contribution in [3.8, 4) is 0 Å². The molecular formula is C7H14N2O3. The number of nitrogens with two attached hydrogens (primary N) is 1. The summed E-state index contributed by atoms with van der Waals surface area (Å²) < 4.78 is 0. The summed E-state index contributed by atoms with van der Waals surface area (Å²) in [6.07, 6.45) is 1.05. The van der Waals surface area contributed by atoms with Gasteiger partial charge in [-0.3, -0.25) is 0 Å². The minimum absolute atomic E-state index is 0.264. The van der Waals surface area contributed by atoms with E-state index >= 15 is 0 Å². The van der Waals surface area contributed by atoms with E-state index in [1.165, 1.54) is 4.90 Å². The van der Waals surface area contributed by atoms with Crippen LogP contribution in [0.25, 0.3) is 0 Å². The first-order valence-electron chi connectivity index (χ1n) is 4.03. The Labute approximate surface area is 71.0 Å². The molecule has 1 aliphatic rings. The van der Waals surface area contributed by atoms with Crippen molar-refractivity contribution in [3.63, 3.8) is 0 Å². The molecule has 0 aromatic carbocycles. The third kappa shape index (κ3) is 2.35. The van der Waals surface area contributed by atoms with Crippen molar-refractivity contribution in [2.75, 3.05) is 19.7 Å². The highest BCUT2D eigenvalue weighted by molar-refractivity contribution is 5.65. The lowest BCUT2D eigenvalue weighted by atomic mass is 9.99. The molecule has 0 aromatic heterocycles. The smallest absolute Gasteiger partial charge is 0.407 e. The number of carboxylic acid groups (broad SMARTS) is 1. The Morgan fingerprint density at radius 1 is 1.75 bits per heavy atom. The van der Waals surface area contributed by atoms with Gasteiger partial charge in [0.1, 0.15) is 0 Å². The molecular weight excluding hydrogens is 160 g/mol. The van der Waals surface area contributed by atoms with Gasteiger partial charge in [0.25, 0.3) is 0 Å². The summed E-state index contributed by atoms with van der Waals surface area (Å²) in [6, 6.07) is 0. The Morgan fingerprint density at radius 2 is 2.50 bits per heavy atom. The molecule has 3 N–H and O–H groups in total. The highest BCUT2D eigenvalue weighted by atomic mass is 16.6. The predicted octanol–water partition coefficient (Wildman–Crippen LogP) is 0.267. The molecule has 1 fully saturated rings. The Kier molecular flexibility index (Phi) is 3.31. The first-order chi connectivity index (χ1) is 5.74. The maximum atomic E-state index is 10.6. The molecule has 1 heterocycles. The molecule has 1 amide bonds. The Balaban J connectivity index is 2.35. The van der Waals surface area contributed by atoms with Crippen LogP contribution in [0.5, 0.6) is 0 Å². The lowest BCUT2D eigenvalue weighted by molar-refractivity contribution is 0.0594. The highest BCUT2D eigenvalue weighted by Crippen LogP contribution is 2.15. The summed E-state index contributed by atoms with van der Waals surface area (Å²) in [7, 11) is 0. The summed E-state index contributed by atoms with van der Waals surface area (Å²) in [6.45, 7) is 1.63. The molecule has 1 aliphatic heterocycles. The monoisotopic (exact) mass is 174 g/mol. The van der Waals surface area contributed by atoms with Gasteiger partial charge in [-0.25, -0.2) is 10.7 Å². The van der Waals surface area contributed by atoms with E-state index < -0.39 is 6.09 Å². The summed E-state index contributed by atoms with van der Waals surface area (Å²) in [5.41, 5.74) is 0. The van der Waals surface area contributed by atoms with Gasteiger partial charge >= 0.3 is 6.09 Å². The molecule has 0 bridgehead atoms. The van der Waals surface area contributed by atoms with Gasteiger partial charge in [-0.1, -0.05) is 0 Å². The van der Waals surface area contributed by atoms with Gasteiger partial charge in [-0.2, -0.15) is 0 Å². The average molecular weight is 174 g/mol. The lowest BCUT2D eigenvalue weighted by Crippen LogP contribution is -2.40. The average Bonchev–Trinajstić information content (AvgIpc) is 2.05. The van der Waals surface area contributed by atoms with E-state index in [4.69, 9.17) is 11.0 Å². The van der Waals surface area contributed by atoms with Crippen LogP contribution in [-0.4, -0.2) is 35.8 Å². The molecule has 0 aliphatic carbocycles. The zero-order chi connectivity index (χ0) is 8.97. The van der Waals surface area contributed by atoms with Crippen LogP contribution in [0.2, 0.25) is 0 Å². The third-order valence-electron chi connectivity index (χ3n) is 2.12. The van der Waals surface area contributed by atoms with Crippen molar-refractivity contribution in [2.45, 2.75) is 12.8 Å². The maximum Gasteiger partial charge on any atom is 0.407 e. The second-order valence-corrected chi connectivity index (χ2v) is 3.07. The van der Waals surface area contributed by atoms with E-state index in [-0.39, 0.29) is 5.92 Å². The zero-order valence-electron chi connectivity index (χ0n) is 6.90. The minimum atomic E-state index is -0.850. The van der Waals surface area contributed by atoms with Crippen LogP contribution in [-0.2, 0) is 4.84 Å². The topological polar surface area (TPSA) is 75.8 Å². The normalized spacial score (nSPS) is 24.1. The second-order valence-electron chi connectivity index (χ2n) is 3.07. The Bertz CT molecular complexity index is 161. The first kappa shape index (κ1) is 9.28. The van der Waals surface area contributed by atoms with Crippen LogP contribution in [0.4, 0.5) is 4.79 Å². The highest BCUT2D eigenvalue weighted by Gasteiger charge is 2.22. The van der Waals surface area contributed by atoms with Crippen molar-refractivity contribution >= 4 is 6.09 Å². The Hall–Kier alpha value is -0.810. The third-order valence-corrected chi connectivity index (χ3v) is 2.12. The van der Waals surface area contributed by atoms with Crippen LogP contribution in [0, 0.1) is 5.92 Å². The van der Waals surface area contributed by atoms with Gasteiger partial charge in [0.15, 0.2) is 0 Å². The predicted molar refractivity (Wildman–Crippen MR) is 42.5 cm³/mol. The molecule has 1 saturated heterocycles. The fraction of sp³-hybridized carbons (Fsp3) is 0.857. The molecule has 5 heteroatoms. The van der Waals surface area contributed by atoms with Gasteiger partial charge < -0.3 is 14.8 Å². The number of hydrogen-bond acceptors (Lipinski definition) is 3. The van der Waals surface area contributed by atoms with Crippen LogP contribution in [0.3, 0.4) is 0 Å². The van der Waals surface area contributed by atoms with Gasteiger partial charge in [-0.15, -0.1) is 0 Å². The van der Waals surface area contributed by atoms with Crippen molar-refractivity contribution in [1.29, 1.82) is 0 Å². The van der Waals surface area contributed by atoms with E-state index in [1.807, 2.05) is 0 Å². The van der Waals surface area contributed by atoms with Gasteiger partial charge in [-0.05, 0) is 12.8 Å². The minimum Gasteiger partial charge on any atom is -0.465 e. The van der Waals surface area contributed by atoms with Crippen molar-refractivity contribution in [2.24, 2.45) is 11.8 Å². The first-order valence-corrected chi connectivity index (χ1v) is 4.03. The number of likely N-dealkylation sites (tertiary alicyclic amines) is 1. The van der Waals surface area contributed by atoms with E-state index in [9.17, 15) is 4.79 Å². The van der Waals surface area contributed by atoms with Crippen LogP contribution in [0.15, 0.2) is 0 Å². The van der Waals surface area contributed by atoms with Crippen molar-refractivity contribution < 1.29 is 14.7 Å². The number of amides is 1. The molecule has 0 spiro atoms. The number of hydrogen-bond donors (Lipinski definition) is 2. The van der Waals surface area contributed by atoms with Gasteiger partial charge in [0.2, 0.25) is 0 Å². The van der Waals surface area contributed by atoms with Crippen LogP contribution >= 0.6 is 0 Å². The number of carbonyl (C=O) groups is 1. The summed E-state index contributed by atoms with van der Waals surface area (Å²) >= 11 is 0. The quantitative estimate of drug-likeness (QED) is 0.589. The van der Waals surface area contributed by atoms with Gasteiger partial charge in [0.05, 0.1) is 6.61 Å². The van der Waals surface area contributed by atoms with E-state index in [0.717, 1.165) is 12.8 Å². The number of rotatable bonds is 2. The maximum absolute atomic E-state index is 10.6. The molecule has 5 nitrogen and oxygen atoms in total. The largest absolute Gasteiger partial charge is 0.465 e. The SMILES string of the molecule is NOC[C@@H]1CCCN(C(=O)O)C1. The van der Waals surface area contributed by atoms with E-state index in [2.05, 4.69) is 4.84 Å². The second kappa shape index (κ2) is 4.27. The molecule has 12 heavy (non-hydrogen) atoms. The standard InChI is InChI=1S/C7H14N2O3/c8-12-5-6-2-1-3-9(4-6)7(10)11/h6H,1-5,8H2,(H,10,11)/t6-/m1/s1. The fourth-order valence-electron chi connectivity index (χ4n) is 1.51. The molecule has 0 radical (unpaired) electrons.